The third kappa shape index (κ3) is 4.44. The highest BCUT2D eigenvalue weighted by molar-refractivity contribution is 6.00. The Hall–Kier alpha value is -3.56. The van der Waals surface area contributed by atoms with E-state index in [-0.39, 0.29) is 17.7 Å². The Morgan fingerprint density at radius 1 is 1.15 bits per heavy atom. The predicted octanol–water partition coefficient (Wildman–Crippen LogP) is 2.87. The molecule has 34 heavy (non-hydrogen) atoms. The molecular weight excluding hydrogens is 432 g/mol. The fourth-order valence-corrected chi connectivity index (χ4v) is 4.84. The number of carbonyl (C=O) groups is 2. The number of H-pyrrole nitrogens is 1. The van der Waals surface area contributed by atoms with Gasteiger partial charge in [-0.25, -0.2) is 9.97 Å². The first kappa shape index (κ1) is 22.2. The summed E-state index contributed by atoms with van der Waals surface area (Å²) in [5, 5.41) is 17.3. The molecule has 3 heterocycles. The van der Waals surface area contributed by atoms with Crippen molar-refractivity contribution in [1.82, 2.24) is 35.3 Å². The normalized spacial score (nSPS) is 16.5. The van der Waals surface area contributed by atoms with Gasteiger partial charge in [0.2, 0.25) is 5.91 Å². The van der Waals surface area contributed by atoms with Crippen LogP contribution in [0, 0.1) is 31.6 Å². The standard InChI is InChI=1S/C24H30N8O2/c1-4-32-18(9-10-27-32)23(33)29-21(20(15-5-6-15)16-7-8-16)24(34)28-17-11-25-22(26-12-17)19-13(2)30-31-14(19)3/h9-12,15-16,20-21H,4-8H2,1-3H3,(H,28,34)(H,29,33)(H,30,31)/t21-/m0/s1. The van der Waals surface area contributed by atoms with Gasteiger partial charge in [0.1, 0.15) is 11.7 Å². The van der Waals surface area contributed by atoms with E-state index in [0.717, 1.165) is 42.6 Å². The van der Waals surface area contributed by atoms with Crippen molar-refractivity contribution in [3.05, 3.63) is 41.7 Å². The average Bonchev–Trinajstić information content (AvgIpc) is 3.76. The van der Waals surface area contributed by atoms with Gasteiger partial charge in [-0.2, -0.15) is 10.2 Å². The molecular formula is C24H30N8O2. The van der Waals surface area contributed by atoms with Crippen LogP contribution in [0.25, 0.3) is 11.4 Å². The first-order valence-electron chi connectivity index (χ1n) is 11.9. The van der Waals surface area contributed by atoms with Crippen molar-refractivity contribution in [3.8, 4) is 11.4 Å². The predicted molar refractivity (Wildman–Crippen MR) is 126 cm³/mol. The molecule has 0 unspecified atom stereocenters. The van der Waals surface area contributed by atoms with Crippen LogP contribution in [-0.4, -0.2) is 47.8 Å². The molecule has 10 nitrogen and oxygen atoms in total. The monoisotopic (exact) mass is 462 g/mol. The summed E-state index contributed by atoms with van der Waals surface area (Å²) in [6.45, 7) is 6.33. The van der Waals surface area contributed by atoms with Gasteiger partial charge in [-0.1, -0.05) is 0 Å². The fraction of sp³-hybridized carbons (Fsp3) is 0.500. The summed E-state index contributed by atoms with van der Waals surface area (Å²) in [5.41, 5.74) is 3.53. The summed E-state index contributed by atoms with van der Waals surface area (Å²) >= 11 is 0. The van der Waals surface area contributed by atoms with Crippen LogP contribution in [0.2, 0.25) is 0 Å². The van der Waals surface area contributed by atoms with E-state index in [4.69, 9.17) is 0 Å². The van der Waals surface area contributed by atoms with Crippen LogP contribution in [0.15, 0.2) is 24.7 Å². The molecule has 0 spiro atoms. The Bertz CT molecular complexity index is 1160. The third-order valence-electron chi connectivity index (χ3n) is 6.81. The molecule has 0 saturated heterocycles. The SMILES string of the molecule is CCn1nccc1C(=O)N[C@H](C(=O)Nc1cnc(-c2c(C)n[nH]c2C)nc1)C(C1CC1)C1CC1. The zero-order valence-electron chi connectivity index (χ0n) is 19.7. The van der Waals surface area contributed by atoms with E-state index in [1.54, 1.807) is 29.3 Å². The van der Waals surface area contributed by atoms with Crippen LogP contribution in [0.4, 0.5) is 5.69 Å². The van der Waals surface area contributed by atoms with Crippen molar-refractivity contribution in [3.63, 3.8) is 0 Å². The molecule has 3 aromatic heterocycles. The molecule has 2 fully saturated rings. The van der Waals surface area contributed by atoms with Gasteiger partial charge in [0.05, 0.1) is 29.3 Å². The molecule has 3 aromatic rings. The molecule has 10 heteroatoms. The number of aromatic nitrogens is 6. The number of aromatic amines is 1. The summed E-state index contributed by atoms with van der Waals surface area (Å²) in [6, 6.07) is 1.06. The Kier molecular flexibility index (Phi) is 5.89. The van der Waals surface area contributed by atoms with E-state index < -0.39 is 6.04 Å². The van der Waals surface area contributed by atoms with Crippen molar-refractivity contribution in [1.29, 1.82) is 0 Å². The highest BCUT2D eigenvalue weighted by Crippen LogP contribution is 2.50. The highest BCUT2D eigenvalue weighted by atomic mass is 16.2. The Morgan fingerprint density at radius 3 is 2.38 bits per heavy atom. The zero-order valence-corrected chi connectivity index (χ0v) is 19.7. The minimum absolute atomic E-state index is 0.137. The van der Waals surface area contributed by atoms with Gasteiger partial charge in [-0.3, -0.25) is 19.4 Å². The molecule has 2 aliphatic carbocycles. The van der Waals surface area contributed by atoms with Gasteiger partial charge in [0.15, 0.2) is 5.82 Å². The van der Waals surface area contributed by atoms with E-state index in [9.17, 15) is 9.59 Å². The van der Waals surface area contributed by atoms with Gasteiger partial charge >= 0.3 is 0 Å². The third-order valence-corrected chi connectivity index (χ3v) is 6.81. The lowest BCUT2D eigenvalue weighted by Gasteiger charge is -2.27. The van der Waals surface area contributed by atoms with E-state index in [0.29, 0.717) is 35.6 Å². The van der Waals surface area contributed by atoms with E-state index in [2.05, 4.69) is 35.9 Å². The van der Waals surface area contributed by atoms with Crippen LogP contribution in [0.5, 0.6) is 0 Å². The van der Waals surface area contributed by atoms with E-state index in [1.807, 2.05) is 20.8 Å². The quantitative estimate of drug-likeness (QED) is 0.448. The molecule has 2 saturated carbocycles. The molecule has 0 radical (unpaired) electrons. The lowest BCUT2D eigenvalue weighted by Crippen LogP contribution is -2.50. The fourth-order valence-electron chi connectivity index (χ4n) is 4.84. The minimum Gasteiger partial charge on any atom is -0.339 e. The number of aryl methyl sites for hydroxylation is 3. The minimum atomic E-state index is -0.620. The largest absolute Gasteiger partial charge is 0.339 e. The number of nitrogens with zero attached hydrogens (tertiary/aromatic N) is 5. The summed E-state index contributed by atoms with van der Waals surface area (Å²) in [6.07, 6.45) is 9.23. The van der Waals surface area contributed by atoms with Crippen LogP contribution in [-0.2, 0) is 11.3 Å². The molecule has 5 rings (SSSR count). The zero-order chi connectivity index (χ0) is 23.8. The molecule has 1 atom stereocenters. The first-order valence-corrected chi connectivity index (χ1v) is 11.9. The molecule has 2 aliphatic rings. The van der Waals surface area contributed by atoms with Gasteiger partial charge in [-0.05, 0) is 70.3 Å². The second-order valence-electron chi connectivity index (χ2n) is 9.33. The number of hydrogen-bond acceptors (Lipinski definition) is 6. The molecule has 2 amide bonds. The van der Waals surface area contributed by atoms with Crippen molar-refractivity contribution < 1.29 is 9.59 Å². The lowest BCUT2D eigenvalue weighted by atomic mass is 9.88. The summed E-state index contributed by atoms with van der Waals surface area (Å²) in [5.74, 6) is 1.14. The van der Waals surface area contributed by atoms with Gasteiger partial charge < -0.3 is 10.6 Å². The number of rotatable bonds is 9. The Morgan fingerprint density at radius 2 is 1.82 bits per heavy atom. The smallest absolute Gasteiger partial charge is 0.270 e. The summed E-state index contributed by atoms with van der Waals surface area (Å²) < 4.78 is 1.64. The van der Waals surface area contributed by atoms with Crippen molar-refractivity contribution in [2.45, 2.75) is 59.0 Å². The van der Waals surface area contributed by atoms with Crippen LogP contribution in [0.3, 0.4) is 0 Å². The number of amides is 2. The second kappa shape index (κ2) is 9.00. The van der Waals surface area contributed by atoms with Crippen molar-refractivity contribution >= 4 is 17.5 Å². The first-order chi connectivity index (χ1) is 16.5. The maximum absolute atomic E-state index is 13.5. The maximum Gasteiger partial charge on any atom is 0.270 e. The Balaban J connectivity index is 1.35. The number of carbonyl (C=O) groups excluding carboxylic acids is 2. The van der Waals surface area contributed by atoms with Crippen LogP contribution >= 0.6 is 0 Å². The molecule has 178 valence electrons. The van der Waals surface area contributed by atoms with E-state index >= 15 is 0 Å². The molecule has 0 aliphatic heterocycles. The maximum atomic E-state index is 13.5. The average molecular weight is 463 g/mol. The van der Waals surface area contributed by atoms with Crippen molar-refractivity contribution in [2.24, 2.45) is 17.8 Å². The number of hydrogen-bond donors (Lipinski definition) is 3. The van der Waals surface area contributed by atoms with Crippen LogP contribution < -0.4 is 10.6 Å². The van der Waals surface area contributed by atoms with Gasteiger partial charge in [0.25, 0.3) is 5.91 Å². The molecule has 0 aromatic carbocycles. The van der Waals surface area contributed by atoms with E-state index in [1.165, 1.54) is 0 Å². The Labute approximate surface area is 198 Å². The second-order valence-corrected chi connectivity index (χ2v) is 9.33. The van der Waals surface area contributed by atoms with Crippen LogP contribution in [0.1, 0.15) is 54.5 Å². The number of nitrogens with one attached hydrogen (secondary N) is 3. The summed E-state index contributed by atoms with van der Waals surface area (Å²) in [7, 11) is 0. The summed E-state index contributed by atoms with van der Waals surface area (Å²) in [4.78, 5) is 35.4. The molecule has 0 bridgehead atoms. The van der Waals surface area contributed by atoms with Gasteiger partial charge in [-0.15, -0.1) is 0 Å². The topological polar surface area (TPSA) is 130 Å². The number of anilines is 1. The highest BCUT2D eigenvalue weighted by Gasteiger charge is 2.48. The lowest BCUT2D eigenvalue weighted by molar-refractivity contribution is -0.119. The molecule has 3 N–H and O–H groups in total. The van der Waals surface area contributed by atoms with Gasteiger partial charge in [0, 0.05) is 18.4 Å². The van der Waals surface area contributed by atoms with Crippen molar-refractivity contribution in [2.75, 3.05) is 5.32 Å².